The topological polar surface area (TPSA) is 70.3 Å². The highest BCUT2D eigenvalue weighted by atomic mass is 16.5. The summed E-state index contributed by atoms with van der Waals surface area (Å²) in [6.07, 6.45) is 5.13. The predicted octanol–water partition coefficient (Wildman–Crippen LogP) is 2.70. The molecule has 6 heteroatoms. The number of aromatic nitrogens is 2. The minimum Gasteiger partial charge on any atom is -0.465 e. The first-order valence-electron chi connectivity index (χ1n) is 8.98. The van der Waals surface area contributed by atoms with Gasteiger partial charge in [-0.05, 0) is 25.5 Å². The molecule has 1 heterocycles. The van der Waals surface area contributed by atoms with Gasteiger partial charge in [-0.1, -0.05) is 44.7 Å². The largest absolute Gasteiger partial charge is 0.465 e. The van der Waals surface area contributed by atoms with Crippen molar-refractivity contribution in [2.45, 2.75) is 59.0 Å². The van der Waals surface area contributed by atoms with E-state index in [1.165, 1.54) is 9.13 Å². The molecule has 1 aromatic carbocycles. The molecule has 0 aliphatic carbocycles. The van der Waals surface area contributed by atoms with Crippen LogP contribution in [0, 0.1) is 0 Å². The van der Waals surface area contributed by atoms with Crippen LogP contribution in [0.3, 0.4) is 0 Å². The van der Waals surface area contributed by atoms with Gasteiger partial charge in [-0.2, -0.15) is 0 Å². The molecule has 6 nitrogen and oxygen atoms in total. The quantitative estimate of drug-likeness (QED) is 0.517. The molecule has 0 aliphatic heterocycles. The van der Waals surface area contributed by atoms with E-state index < -0.39 is 11.7 Å². The van der Waals surface area contributed by atoms with Crippen molar-refractivity contribution < 1.29 is 9.53 Å². The monoisotopic (exact) mass is 346 g/mol. The minimum absolute atomic E-state index is 0.191. The summed E-state index contributed by atoms with van der Waals surface area (Å²) < 4.78 is 7.54. The first-order valence-corrected chi connectivity index (χ1v) is 8.98. The number of esters is 1. The van der Waals surface area contributed by atoms with Gasteiger partial charge in [0.15, 0.2) is 0 Å². The van der Waals surface area contributed by atoms with Crippen LogP contribution in [0.25, 0.3) is 10.9 Å². The number of nitrogens with zero attached hydrogens (tertiary/aromatic N) is 2. The third kappa shape index (κ3) is 4.59. The third-order valence-corrected chi connectivity index (χ3v) is 4.21. The smallest absolute Gasteiger partial charge is 0.332 e. The molecule has 0 atom stereocenters. The van der Waals surface area contributed by atoms with Gasteiger partial charge in [-0.3, -0.25) is 18.7 Å². The number of benzene rings is 1. The van der Waals surface area contributed by atoms with Gasteiger partial charge in [0.2, 0.25) is 0 Å². The lowest BCUT2D eigenvalue weighted by Gasteiger charge is -2.13. The van der Waals surface area contributed by atoms with Crippen LogP contribution < -0.4 is 11.2 Å². The standard InChI is InChI=1S/C19H26N2O4/c1-3-5-6-7-10-13-20-18(23)15-11-8-9-12-16(15)21(19(20)24)14-17(22)25-4-2/h8-9,11-12H,3-7,10,13-14H2,1-2H3. The van der Waals surface area contributed by atoms with Crippen molar-refractivity contribution >= 4 is 16.9 Å². The summed E-state index contributed by atoms with van der Waals surface area (Å²) in [5, 5.41) is 0.444. The fourth-order valence-electron chi connectivity index (χ4n) is 2.93. The molecule has 0 spiro atoms. The van der Waals surface area contributed by atoms with Crippen LogP contribution in [-0.4, -0.2) is 21.7 Å². The van der Waals surface area contributed by atoms with Crippen LogP contribution in [0.4, 0.5) is 0 Å². The molecule has 25 heavy (non-hydrogen) atoms. The average Bonchev–Trinajstić information content (AvgIpc) is 2.61. The van der Waals surface area contributed by atoms with Crippen LogP contribution in [0.2, 0.25) is 0 Å². The number of hydrogen-bond acceptors (Lipinski definition) is 4. The number of fused-ring (bicyclic) bond motifs is 1. The van der Waals surface area contributed by atoms with Gasteiger partial charge in [-0.25, -0.2) is 4.79 Å². The number of unbranched alkanes of at least 4 members (excludes halogenated alkanes) is 4. The second-order valence-corrected chi connectivity index (χ2v) is 6.06. The Morgan fingerprint density at radius 3 is 2.44 bits per heavy atom. The Morgan fingerprint density at radius 1 is 1.00 bits per heavy atom. The molecule has 0 saturated heterocycles. The number of carbonyl (C=O) groups is 1. The predicted molar refractivity (Wildman–Crippen MR) is 97.9 cm³/mol. The van der Waals surface area contributed by atoms with Crippen molar-refractivity contribution in [3.8, 4) is 0 Å². The first kappa shape index (κ1) is 19.0. The average molecular weight is 346 g/mol. The Balaban J connectivity index is 2.39. The van der Waals surface area contributed by atoms with Gasteiger partial charge in [0.25, 0.3) is 5.56 Å². The van der Waals surface area contributed by atoms with Gasteiger partial charge < -0.3 is 4.74 Å². The lowest BCUT2D eigenvalue weighted by atomic mass is 10.1. The molecule has 1 aromatic heterocycles. The van der Waals surface area contributed by atoms with E-state index in [9.17, 15) is 14.4 Å². The van der Waals surface area contributed by atoms with Crippen molar-refractivity contribution in [2.75, 3.05) is 6.61 Å². The van der Waals surface area contributed by atoms with E-state index in [2.05, 4.69) is 6.92 Å². The summed E-state index contributed by atoms with van der Waals surface area (Å²) in [5.74, 6) is -0.483. The maximum absolute atomic E-state index is 12.8. The van der Waals surface area contributed by atoms with E-state index in [0.717, 1.165) is 32.1 Å². The molecule has 0 bridgehead atoms. The molecular weight excluding hydrogens is 320 g/mol. The van der Waals surface area contributed by atoms with Crippen molar-refractivity contribution in [2.24, 2.45) is 0 Å². The van der Waals surface area contributed by atoms with Gasteiger partial charge >= 0.3 is 11.7 Å². The summed E-state index contributed by atoms with van der Waals surface area (Å²) >= 11 is 0. The molecule has 2 aromatic rings. The third-order valence-electron chi connectivity index (χ3n) is 4.21. The van der Waals surface area contributed by atoms with Crippen LogP contribution in [0.5, 0.6) is 0 Å². The summed E-state index contributed by atoms with van der Waals surface area (Å²) in [6, 6.07) is 6.88. The molecule has 2 rings (SSSR count). The lowest BCUT2D eigenvalue weighted by molar-refractivity contribution is -0.143. The molecular formula is C19H26N2O4. The minimum atomic E-state index is -0.483. The Hall–Kier alpha value is -2.37. The normalized spacial score (nSPS) is 11.0. The van der Waals surface area contributed by atoms with E-state index in [0.29, 0.717) is 17.4 Å². The van der Waals surface area contributed by atoms with Gasteiger partial charge in [0.1, 0.15) is 6.54 Å². The fraction of sp³-hybridized carbons (Fsp3) is 0.526. The van der Waals surface area contributed by atoms with E-state index in [-0.39, 0.29) is 18.7 Å². The Bertz CT molecular complexity index is 835. The van der Waals surface area contributed by atoms with Crippen molar-refractivity contribution in [3.63, 3.8) is 0 Å². The van der Waals surface area contributed by atoms with E-state index in [4.69, 9.17) is 4.74 Å². The number of ether oxygens (including phenoxy) is 1. The number of carbonyl (C=O) groups excluding carboxylic acids is 1. The second kappa shape index (κ2) is 9.20. The van der Waals surface area contributed by atoms with E-state index in [1.54, 1.807) is 31.2 Å². The summed E-state index contributed by atoms with van der Waals surface area (Å²) in [5.41, 5.74) is -0.281. The molecule has 0 radical (unpaired) electrons. The Kier molecular flexibility index (Phi) is 6.98. The first-order chi connectivity index (χ1) is 12.1. The maximum Gasteiger partial charge on any atom is 0.332 e. The van der Waals surface area contributed by atoms with Crippen molar-refractivity contribution in [1.29, 1.82) is 0 Å². The Morgan fingerprint density at radius 2 is 1.72 bits per heavy atom. The summed E-state index contributed by atoms with van der Waals surface area (Å²) in [7, 11) is 0. The highest BCUT2D eigenvalue weighted by Gasteiger charge is 2.15. The summed E-state index contributed by atoms with van der Waals surface area (Å²) in [6.45, 7) is 4.29. The van der Waals surface area contributed by atoms with Crippen LogP contribution in [-0.2, 0) is 22.6 Å². The van der Waals surface area contributed by atoms with Crippen LogP contribution in [0.15, 0.2) is 33.9 Å². The fourth-order valence-corrected chi connectivity index (χ4v) is 2.93. The second-order valence-electron chi connectivity index (χ2n) is 6.06. The molecule has 0 N–H and O–H groups in total. The van der Waals surface area contributed by atoms with Crippen molar-refractivity contribution in [1.82, 2.24) is 9.13 Å². The highest BCUT2D eigenvalue weighted by molar-refractivity contribution is 5.79. The van der Waals surface area contributed by atoms with Gasteiger partial charge in [-0.15, -0.1) is 0 Å². The molecule has 0 aliphatic rings. The highest BCUT2D eigenvalue weighted by Crippen LogP contribution is 2.09. The zero-order valence-electron chi connectivity index (χ0n) is 15.0. The molecule has 0 fully saturated rings. The van der Waals surface area contributed by atoms with Crippen LogP contribution >= 0.6 is 0 Å². The zero-order valence-corrected chi connectivity index (χ0v) is 15.0. The van der Waals surface area contributed by atoms with Crippen molar-refractivity contribution in [3.05, 3.63) is 45.1 Å². The number of rotatable bonds is 9. The van der Waals surface area contributed by atoms with Crippen LogP contribution in [0.1, 0.15) is 46.0 Å². The van der Waals surface area contributed by atoms with E-state index in [1.807, 2.05) is 0 Å². The lowest BCUT2D eigenvalue weighted by Crippen LogP contribution is -2.41. The molecule has 0 amide bonds. The van der Waals surface area contributed by atoms with Gasteiger partial charge in [0.05, 0.1) is 17.5 Å². The summed E-state index contributed by atoms with van der Waals surface area (Å²) in [4.78, 5) is 37.3. The molecule has 0 unspecified atom stereocenters. The van der Waals surface area contributed by atoms with E-state index >= 15 is 0 Å². The Labute approximate surface area is 147 Å². The number of para-hydroxylation sites is 1. The van der Waals surface area contributed by atoms with Gasteiger partial charge in [0, 0.05) is 6.54 Å². The number of hydrogen-bond donors (Lipinski definition) is 0. The molecule has 0 saturated carbocycles. The molecule has 136 valence electrons. The maximum atomic E-state index is 12.8. The SMILES string of the molecule is CCCCCCCn1c(=O)c2ccccc2n(CC(=O)OCC)c1=O. The zero-order chi connectivity index (χ0) is 18.2.